The van der Waals surface area contributed by atoms with Gasteiger partial charge in [-0.15, -0.1) is 0 Å². The van der Waals surface area contributed by atoms with E-state index in [2.05, 4.69) is 58.1 Å². The summed E-state index contributed by atoms with van der Waals surface area (Å²) in [5, 5.41) is 2.19. The van der Waals surface area contributed by atoms with Gasteiger partial charge in [-0.3, -0.25) is 0 Å². The number of para-hydroxylation sites is 1. The van der Waals surface area contributed by atoms with Crippen molar-refractivity contribution >= 4 is 28.8 Å². The molecular formula is C16H15IN2S2. The number of thiazole rings is 1. The van der Waals surface area contributed by atoms with Crippen LogP contribution in [-0.2, 0) is 0 Å². The van der Waals surface area contributed by atoms with Gasteiger partial charge in [0.2, 0.25) is 0 Å². The molecule has 1 aromatic heterocycles. The van der Waals surface area contributed by atoms with E-state index in [1.165, 1.54) is 15.6 Å². The van der Waals surface area contributed by atoms with Crippen molar-refractivity contribution in [1.82, 2.24) is 0 Å². The maximum Gasteiger partial charge on any atom is 0.326 e. The average Bonchev–Trinajstić information content (AvgIpc) is 2.92. The number of rotatable bonds is 4. The van der Waals surface area contributed by atoms with Crippen LogP contribution in [0.1, 0.15) is 0 Å². The zero-order valence-electron chi connectivity index (χ0n) is 11.5. The zero-order chi connectivity index (χ0) is 13.8. The maximum atomic E-state index is 3.48. The summed E-state index contributed by atoms with van der Waals surface area (Å²) in [5.74, 6) is 0. The molecule has 0 spiro atoms. The third-order valence-corrected chi connectivity index (χ3v) is 5.00. The molecule has 0 radical (unpaired) electrons. The molecule has 5 heteroatoms. The van der Waals surface area contributed by atoms with E-state index in [0.717, 1.165) is 5.69 Å². The number of nitrogens with zero attached hydrogens (tertiary/aromatic N) is 1. The van der Waals surface area contributed by atoms with Crippen molar-refractivity contribution in [3.8, 4) is 11.3 Å². The number of benzene rings is 2. The molecule has 2 nitrogen and oxygen atoms in total. The third kappa shape index (κ3) is 3.78. The highest BCUT2D eigenvalue weighted by atomic mass is 127. The molecule has 3 rings (SSSR count). The molecule has 2 aromatic carbocycles. The lowest BCUT2D eigenvalue weighted by molar-refractivity contribution is -0.663. The Balaban J connectivity index is 0.00000161. The molecule has 108 valence electrons. The maximum absolute atomic E-state index is 3.48. The smallest absolute Gasteiger partial charge is 0.326 e. The van der Waals surface area contributed by atoms with E-state index in [4.69, 9.17) is 0 Å². The Morgan fingerprint density at radius 3 is 2.19 bits per heavy atom. The summed E-state index contributed by atoms with van der Waals surface area (Å²) in [6.45, 7) is 0. The highest BCUT2D eigenvalue weighted by Gasteiger charge is 2.22. The van der Waals surface area contributed by atoms with Gasteiger partial charge < -0.3 is 24.0 Å². The minimum absolute atomic E-state index is 0. The fraction of sp³-hybridized carbons (Fsp3) is 0.0625. The van der Waals surface area contributed by atoms with Crippen LogP contribution >= 0.6 is 23.1 Å². The second kappa shape index (κ2) is 7.82. The average molecular weight is 426 g/mol. The number of thioether (sulfide) groups is 1. The van der Waals surface area contributed by atoms with Gasteiger partial charge >= 0.3 is 4.34 Å². The highest BCUT2D eigenvalue weighted by Crippen LogP contribution is 2.25. The number of aromatic nitrogens is 1. The Morgan fingerprint density at radius 1 is 0.952 bits per heavy atom. The predicted molar refractivity (Wildman–Crippen MR) is 87.2 cm³/mol. The Bertz CT molecular complexity index is 684. The van der Waals surface area contributed by atoms with Crippen LogP contribution in [0.2, 0.25) is 0 Å². The quantitative estimate of drug-likeness (QED) is 0.385. The molecule has 0 aliphatic rings. The summed E-state index contributed by atoms with van der Waals surface area (Å²) in [5.41, 5.74) is 6.96. The number of halogens is 1. The van der Waals surface area contributed by atoms with Crippen molar-refractivity contribution in [3.05, 3.63) is 66.0 Å². The third-order valence-electron chi connectivity index (χ3n) is 2.95. The second-order valence-electron chi connectivity index (χ2n) is 4.27. The van der Waals surface area contributed by atoms with Crippen LogP contribution in [0.25, 0.3) is 11.3 Å². The summed E-state index contributed by atoms with van der Waals surface area (Å²) < 4.78 is 3.38. The van der Waals surface area contributed by atoms with Crippen molar-refractivity contribution in [2.75, 3.05) is 11.7 Å². The first-order valence-corrected chi connectivity index (χ1v) is 8.44. The van der Waals surface area contributed by atoms with Gasteiger partial charge in [0.05, 0.1) is 11.1 Å². The van der Waals surface area contributed by atoms with Crippen molar-refractivity contribution in [2.24, 2.45) is 0 Å². The van der Waals surface area contributed by atoms with Gasteiger partial charge in [0, 0.05) is 5.56 Å². The lowest BCUT2D eigenvalue weighted by Gasteiger charge is -2.03. The molecule has 0 atom stereocenters. The van der Waals surface area contributed by atoms with Crippen LogP contribution in [0.5, 0.6) is 0 Å². The highest BCUT2D eigenvalue weighted by molar-refractivity contribution is 8.00. The molecule has 0 unspecified atom stereocenters. The van der Waals surface area contributed by atoms with E-state index in [1.54, 1.807) is 23.1 Å². The largest absolute Gasteiger partial charge is 1.00 e. The zero-order valence-corrected chi connectivity index (χ0v) is 15.3. The molecule has 0 saturated heterocycles. The molecule has 0 saturated carbocycles. The molecule has 0 amide bonds. The minimum Gasteiger partial charge on any atom is -1.00 e. The van der Waals surface area contributed by atoms with Crippen LogP contribution in [-0.4, -0.2) is 6.26 Å². The Morgan fingerprint density at radius 2 is 1.57 bits per heavy atom. The molecule has 0 fully saturated rings. The normalized spacial score (nSPS) is 9.95. The summed E-state index contributed by atoms with van der Waals surface area (Å²) >= 11 is 3.50. The molecule has 0 aliphatic carbocycles. The first-order chi connectivity index (χ1) is 9.88. The SMILES string of the molecule is CSc1scc(-c2ccccc2)[n+]1Nc1ccccc1.[I-]. The van der Waals surface area contributed by atoms with Gasteiger partial charge in [-0.1, -0.05) is 52.4 Å². The van der Waals surface area contributed by atoms with Crippen LogP contribution in [0, 0.1) is 0 Å². The van der Waals surface area contributed by atoms with Gasteiger partial charge in [-0.2, -0.15) is 5.43 Å². The van der Waals surface area contributed by atoms with E-state index in [1.807, 2.05) is 24.3 Å². The van der Waals surface area contributed by atoms with Crippen LogP contribution < -0.4 is 34.1 Å². The minimum atomic E-state index is 0. The van der Waals surface area contributed by atoms with Gasteiger partial charge in [0.1, 0.15) is 0 Å². The molecule has 21 heavy (non-hydrogen) atoms. The molecule has 1 heterocycles. The van der Waals surface area contributed by atoms with Crippen molar-refractivity contribution in [2.45, 2.75) is 4.34 Å². The Kier molecular flexibility index (Phi) is 6.08. The van der Waals surface area contributed by atoms with Crippen molar-refractivity contribution in [3.63, 3.8) is 0 Å². The summed E-state index contributed by atoms with van der Waals surface area (Å²) in [4.78, 5) is 0. The lowest BCUT2D eigenvalue weighted by atomic mass is 10.2. The Hall–Kier alpha value is -1.05. The van der Waals surface area contributed by atoms with Crippen LogP contribution in [0.15, 0.2) is 70.4 Å². The fourth-order valence-corrected chi connectivity index (χ4v) is 3.56. The predicted octanol–water partition coefficient (Wildman–Crippen LogP) is 1.30. The van der Waals surface area contributed by atoms with E-state index in [9.17, 15) is 0 Å². The van der Waals surface area contributed by atoms with E-state index >= 15 is 0 Å². The van der Waals surface area contributed by atoms with E-state index < -0.39 is 0 Å². The second-order valence-corrected chi connectivity index (χ2v) is 6.18. The molecule has 0 bridgehead atoms. The molecular weight excluding hydrogens is 411 g/mol. The topological polar surface area (TPSA) is 15.9 Å². The lowest BCUT2D eigenvalue weighted by Crippen LogP contribution is -3.00. The van der Waals surface area contributed by atoms with Gasteiger partial charge in [-0.05, 0) is 42.3 Å². The first-order valence-electron chi connectivity index (χ1n) is 6.33. The van der Waals surface area contributed by atoms with Crippen LogP contribution in [0.4, 0.5) is 5.69 Å². The molecule has 1 N–H and O–H groups in total. The first kappa shape index (κ1) is 16.3. The summed E-state index contributed by atoms with van der Waals surface area (Å²) in [6, 6.07) is 20.7. The van der Waals surface area contributed by atoms with Crippen molar-refractivity contribution in [1.29, 1.82) is 0 Å². The summed E-state index contributed by atoms with van der Waals surface area (Å²) in [6.07, 6.45) is 2.10. The number of nitrogens with one attached hydrogen (secondary N) is 1. The number of hydrogen-bond donors (Lipinski definition) is 1. The molecule has 3 aromatic rings. The standard InChI is InChI=1S/C16H15N2S2.HI/c1-19-16-18(17-14-10-6-3-7-11-14)15(12-20-16)13-8-4-2-5-9-13;/h2-12,17H,1H3;1H/q+1;/p-1. The number of hydrogen-bond acceptors (Lipinski definition) is 3. The van der Waals surface area contributed by atoms with Gasteiger partial charge in [0.25, 0.3) is 5.69 Å². The summed E-state index contributed by atoms with van der Waals surface area (Å²) in [7, 11) is 0. The fourth-order valence-electron chi connectivity index (χ4n) is 2.00. The molecule has 0 aliphatic heterocycles. The van der Waals surface area contributed by atoms with Crippen LogP contribution in [0.3, 0.4) is 0 Å². The van der Waals surface area contributed by atoms with E-state index in [-0.39, 0.29) is 24.0 Å². The van der Waals surface area contributed by atoms with Gasteiger partial charge in [0.15, 0.2) is 0 Å². The monoisotopic (exact) mass is 426 g/mol. The number of anilines is 1. The Labute approximate surface area is 150 Å². The van der Waals surface area contributed by atoms with Crippen molar-refractivity contribution < 1.29 is 28.7 Å². The van der Waals surface area contributed by atoms with Gasteiger partial charge in [-0.25, -0.2) is 0 Å². The van der Waals surface area contributed by atoms with E-state index in [0.29, 0.717) is 0 Å².